The molecule has 0 amide bonds. The zero-order valence-electron chi connectivity index (χ0n) is 5.53. The molecule has 4 nitrogen and oxygen atoms in total. The molecule has 0 radical (unpaired) electrons. The molecule has 2 rings (SSSR count). The third-order valence-corrected chi connectivity index (χ3v) is 1.44. The minimum Gasteiger partial charge on any atom is -0.382 e. The van der Waals surface area contributed by atoms with Crippen molar-refractivity contribution in [3.8, 4) is 0 Å². The van der Waals surface area contributed by atoms with Crippen molar-refractivity contribution >= 4 is 11.3 Å². The first-order valence-corrected chi connectivity index (χ1v) is 3.03. The van der Waals surface area contributed by atoms with Gasteiger partial charge in [-0.25, -0.2) is 9.50 Å². The molecular formula is C6H5FN4. The molecule has 0 aliphatic heterocycles. The van der Waals surface area contributed by atoms with Crippen molar-refractivity contribution in [3.63, 3.8) is 0 Å². The van der Waals surface area contributed by atoms with Crippen LogP contribution in [0, 0.1) is 5.95 Å². The number of nitrogens with zero attached hydrogens (tertiary/aromatic N) is 3. The second-order valence-corrected chi connectivity index (χ2v) is 2.10. The molecule has 2 heterocycles. The predicted octanol–water partition coefficient (Wildman–Crippen LogP) is 0.451. The summed E-state index contributed by atoms with van der Waals surface area (Å²) in [7, 11) is 0. The van der Waals surface area contributed by atoms with Crippen LogP contribution in [-0.4, -0.2) is 14.6 Å². The summed E-state index contributed by atoms with van der Waals surface area (Å²) in [5.74, 6) is -0.155. The molecule has 0 atom stereocenters. The van der Waals surface area contributed by atoms with Crippen molar-refractivity contribution < 1.29 is 4.39 Å². The lowest BCUT2D eigenvalue weighted by molar-refractivity contribution is 0.547. The summed E-state index contributed by atoms with van der Waals surface area (Å²) in [4.78, 5) is 3.70. The fraction of sp³-hybridized carbons (Fsp3) is 0. The molecule has 0 unspecified atom stereocenters. The summed E-state index contributed by atoms with van der Waals surface area (Å²) in [6.07, 6.45) is 1.21. The van der Waals surface area contributed by atoms with Gasteiger partial charge in [-0.15, -0.1) is 0 Å². The van der Waals surface area contributed by atoms with Crippen molar-refractivity contribution in [1.82, 2.24) is 14.6 Å². The van der Waals surface area contributed by atoms with Crippen LogP contribution >= 0.6 is 0 Å². The Balaban J connectivity index is 2.94. The Bertz CT molecular complexity index is 394. The van der Waals surface area contributed by atoms with Crippen molar-refractivity contribution in [2.45, 2.75) is 0 Å². The Morgan fingerprint density at radius 2 is 2.27 bits per heavy atom. The Hall–Kier alpha value is -1.65. The molecule has 0 aliphatic carbocycles. The summed E-state index contributed by atoms with van der Waals surface area (Å²) in [6, 6.07) is 2.82. The third kappa shape index (κ3) is 0.739. The van der Waals surface area contributed by atoms with Gasteiger partial charge in [0.15, 0.2) is 5.82 Å². The quantitative estimate of drug-likeness (QED) is 0.596. The lowest BCUT2D eigenvalue weighted by Crippen LogP contribution is -1.99. The normalized spacial score (nSPS) is 10.6. The maximum absolute atomic E-state index is 12.7. The van der Waals surface area contributed by atoms with Crippen LogP contribution in [0.15, 0.2) is 18.5 Å². The highest BCUT2D eigenvalue weighted by atomic mass is 19.1. The van der Waals surface area contributed by atoms with Gasteiger partial charge in [-0.2, -0.15) is 9.49 Å². The molecule has 0 fully saturated rings. The van der Waals surface area contributed by atoms with Crippen LogP contribution in [0.1, 0.15) is 0 Å². The number of nitrogen functional groups attached to an aromatic ring is 1. The topological polar surface area (TPSA) is 56.2 Å². The van der Waals surface area contributed by atoms with E-state index < -0.39 is 5.95 Å². The first-order valence-electron chi connectivity index (χ1n) is 3.03. The molecule has 56 valence electrons. The number of anilines is 1. The zero-order valence-corrected chi connectivity index (χ0v) is 5.53. The van der Waals surface area contributed by atoms with E-state index in [2.05, 4.69) is 10.1 Å². The Kier molecular flexibility index (Phi) is 1.06. The monoisotopic (exact) mass is 152 g/mol. The maximum atomic E-state index is 12.7. The van der Waals surface area contributed by atoms with Gasteiger partial charge in [-0.1, -0.05) is 0 Å². The van der Waals surface area contributed by atoms with E-state index in [-0.39, 0.29) is 5.82 Å². The molecule has 0 saturated carbocycles. The average molecular weight is 152 g/mol. The molecule has 0 bridgehead atoms. The molecule has 2 aromatic rings. The average Bonchev–Trinajstić information content (AvgIpc) is 2.35. The first-order chi connectivity index (χ1) is 5.29. The van der Waals surface area contributed by atoms with Gasteiger partial charge in [0.2, 0.25) is 5.95 Å². The van der Waals surface area contributed by atoms with Crippen LogP contribution in [0.4, 0.5) is 10.2 Å². The zero-order chi connectivity index (χ0) is 7.84. The number of nitrogens with two attached hydrogens (primary N) is 1. The molecular weight excluding hydrogens is 147 g/mol. The minimum absolute atomic E-state index is 0.281. The SMILES string of the molecule is Nc1ncnn2c(F)ccc12. The van der Waals surface area contributed by atoms with E-state index in [0.29, 0.717) is 5.52 Å². The second-order valence-electron chi connectivity index (χ2n) is 2.10. The minimum atomic E-state index is -0.436. The van der Waals surface area contributed by atoms with Gasteiger partial charge in [-0.05, 0) is 12.1 Å². The van der Waals surface area contributed by atoms with E-state index >= 15 is 0 Å². The Labute approximate surface area is 61.5 Å². The number of hydrogen-bond donors (Lipinski definition) is 1. The molecule has 2 N–H and O–H groups in total. The summed E-state index contributed by atoms with van der Waals surface area (Å²) in [6.45, 7) is 0. The van der Waals surface area contributed by atoms with Gasteiger partial charge in [0, 0.05) is 0 Å². The molecule has 0 saturated heterocycles. The maximum Gasteiger partial charge on any atom is 0.214 e. The second kappa shape index (κ2) is 1.91. The number of hydrogen-bond acceptors (Lipinski definition) is 3. The first kappa shape index (κ1) is 6.09. The van der Waals surface area contributed by atoms with Gasteiger partial charge < -0.3 is 5.73 Å². The van der Waals surface area contributed by atoms with Crippen LogP contribution in [0.25, 0.3) is 5.52 Å². The van der Waals surface area contributed by atoms with Gasteiger partial charge >= 0.3 is 0 Å². The smallest absolute Gasteiger partial charge is 0.214 e. The predicted molar refractivity (Wildman–Crippen MR) is 37.4 cm³/mol. The number of aromatic nitrogens is 3. The van der Waals surface area contributed by atoms with Gasteiger partial charge in [-0.3, -0.25) is 0 Å². The molecule has 2 aromatic heterocycles. The third-order valence-electron chi connectivity index (χ3n) is 1.44. The molecule has 0 spiro atoms. The van der Waals surface area contributed by atoms with Crippen LogP contribution < -0.4 is 5.73 Å². The lowest BCUT2D eigenvalue weighted by atomic mass is 10.5. The Morgan fingerprint density at radius 3 is 3.00 bits per heavy atom. The lowest BCUT2D eigenvalue weighted by Gasteiger charge is -1.94. The van der Waals surface area contributed by atoms with Crippen LogP contribution in [-0.2, 0) is 0 Å². The van der Waals surface area contributed by atoms with E-state index in [0.717, 1.165) is 4.52 Å². The molecule has 0 aliphatic rings. The molecule has 5 heteroatoms. The fourth-order valence-electron chi connectivity index (χ4n) is 0.921. The van der Waals surface area contributed by atoms with Crippen LogP contribution in [0.3, 0.4) is 0 Å². The summed E-state index contributed by atoms with van der Waals surface area (Å²) in [5.41, 5.74) is 5.92. The number of rotatable bonds is 0. The summed E-state index contributed by atoms with van der Waals surface area (Å²) < 4.78 is 13.8. The van der Waals surface area contributed by atoms with Crippen molar-refractivity contribution in [2.75, 3.05) is 5.73 Å². The van der Waals surface area contributed by atoms with Crippen LogP contribution in [0.2, 0.25) is 0 Å². The van der Waals surface area contributed by atoms with Crippen molar-refractivity contribution in [1.29, 1.82) is 0 Å². The largest absolute Gasteiger partial charge is 0.382 e. The van der Waals surface area contributed by atoms with Crippen LogP contribution in [0.5, 0.6) is 0 Å². The van der Waals surface area contributed by atoms with Crippen molar-refractivity contribution in [3.05, 3.63) is 24.4 Å². The van der Waals surface area contributed by atoms with E-state index in [4.69, 9.17) is 5.73 Å². The highest BCUT2D eigenvalue weighted by Gasteiger charge is 2.03. The highest BCUT2D eigenvalue weighted by molar-refractivity contribution is 5.64. The summed E-state index contributed by atoms with van der Waals surface area (Å²) >= 11 is 0. The molecule has 0 aromatic carbocycles. The Morgan fingerprint density at radius 1 is 1.45 bits per heavy atom. The van der Waals surface area contributed by atoms with E-state index in [9.17, 15) is 4.39 Å². The van der Waals surface area contributed by atoms with E-state index in [1.54, 1.807) is 0 Å². The highest BCUT2D eigenvalue weighted by Crippen LogP contribution is 2.10. The molecule has 11 heavy (non-hydrogen) atoms. The van der Waals surface area contributed by atoms with Gasteiger partial charge in [0.25, 0.3) is 0 Å². The number of fused-ring (bicyclic) bond motifs is 1. The van der Waals surface area contributed by atoms with E-state index in [1.165, 1.54) is 18.5 Å². The van der Waals surface area contributed by atoms with Gasteiger partial charge in [0.1, 0.15) is 11.8 Å². The fourth-order valence-corrected chi connectivity index (χ4v) is 0.921. The standard InChI is InChI=1S/C6H5FN4/c7-5-2-1-4-6(8)9-3-10-11(4)5/h1-3H,(H2,8,9,10). The number of halogens is 1. The van der Waals surface area contributed by atoms with Gasteiger partial charge in [0.05, 0.1) is 0 Å². The van der Waals surface area contributed by atoms with E-state index in [1.807, 2.05) is 0 Å². The summed E-state index contributed by atoms with van der Waals surface area (Å²) in [5, 5.41) is 3.65. The van der Waals surface area contributed by atoms with Crippen molar-refractivity contribution in [2.24, 2.45) is 0 Å².